The summed E-state index contributed by atoms with van der Waals surface area (Å²) in [7, 11) is 3.00. The number of benzene rings is 2. The first-order valence-electron chi connectivity index (χ1n) is 10.0. The number of anilines is 2. The Hall–Kier alpha value is -3.22. The maximum absolute atomic E-state index is 12.2. The molecule has 0 aliphatic carbocycles. The minimum atomic E-state index is -0.610. The molecule has 3 rings (SSSR count). The molecule has 1 N–H and O–H groups in total. The molecule has 160 valence electrons. The van der Waals surface area contributed by atoms with Gasteiger partial charge < -0.3 is 24.4 Å². The van der Waals surface area contributed by atoms with Gasteiger partial charge in [0, 0.05) is 24.5 Å². The Morgan fingerprint density at radius 3 is 2.30 bits per heavy atom. The molecule has 2 aromatic rings. The van der Waals surface area contributed by atoms with E-state index < -0.39 is 11.9 Å². The molecule has 1 aliphatic heterocycles. The molecule has 0 radical (unpaired) electrons. The summed E-state index contributed by atoms with van der Waals surface area (Å²) < 4.78 is 15.4. The van der Waals surface area contributed by atoms with Crippen LogP contribution in [0.5, 0.6) is 11.5 Å². The Morgan fingerprint density at radius 2 is 1.67 bits per heavy atom. The van der Waals surface area contributed by atoms with E-state index in [0.29, 0.717) is 17.2 Å². The SMILES string of the molecule is COc1ccc(C(=O)OCC(=O)Nc2ccc(N3CCC(C)CC3)cc2)cc1OC. The number of nitrogens with one attached hydrogen (secondary N) is 1. The lowest BCUT2D eigenvalue weighted by atomic mass is 9.99. The third-order valence-corrected chi connectivity index (χ3v) is 5.25. The Kier molecular flexibility index (Phi) is 7.17. The molecule has 1 amide bonds. The lowest BCUT2D eigenvalue weighted by Gasteiger charge is -2.32. The molecule has 1 saturated heterocycles. The highest BCUT2D eigenvalue weighted by atomic mass is 16.5. The summed E-state index contributed by atoms with van der Waals surface area (Å²) in [5, 5.41) is 2.75. The fourth-order valence-corrected chi connectivity index (χ4v) is 3.40. The van der Waals surface area contributed by atoms with Crippen LogP contribution in [0, 0.1) is 5.92 Å². The highest BCUT2D eigenvalue weighted by Crippen LogP contribution is 2.28. The van der Waals surface area contributed by atoms with Crippen LogP contribution < -0.4 is 19.7 Å². The van der Waals surface area contributed by atoms with E-state index in [1.165, 1.54) is 33.1 Å². The molecular weight excluding hydrogens is 384 g/mol. The van der Waals surface area contributed by atoms with Gasteiger partial charge >= 0.3 is 5.97 Å². The molecular formula is C23H28N2O5. The Balaban J connectivity index is 1.50. The summed E-state index contributed by atoms with van der Waals surface area (Å²) in [6.45, 7) is 4.02. The van der Waals surface area contributed by atoms with Crippen molar-refractivity contribution in [3.63, 3.8) is 0 Å². The van der Waals surface area contributed by atoms with Crippen LogP contribution in [0.25, 0.3) is 0 Å². The minimum absolute atomic E-state index is 0.278. The average molecular weight is 412 g/mol. The zero-order valence-electron chi connectivity index (χ0n) is 17.6. The molecule has 0 atom stereocenters. The zero-order chi connectivity index (χ0) is 21.5. The molecule has 0 bridgehead atoms. The first-order chi connectivity index (χ1) is 14.5. The van der Waals surface area contributed by atoms with Crippen LogP contribution in [0.4, 0.5) is 11.4 Å². The summed E-state index contributed by atoms with van der Waals surface area (Å²) in [6.07, 6.45) is 2.40. The van der Waals surface area contributed by atoms with Gasteiger partial charge in [0.25, 0.3) is 5.91 Å². The van der Waals surface area contributed by atoms with Crippen molar-refractivity contribution in [3.05, 3.63) is 48.0 Å². The monoisotopic (exact) mass is 412 g/mol. The number of ether oxygens (including phenoxy) is 3. The molecule has 0 unspecified atom stereocenters. The maximum atomic E-state index is 12.2. The van der Waals surface area contributed by atoms with Crippen LogP contribution in [-0.4, -0.2) is 45.8 Å². The number of carbonyl (C=O) groups excluding carboxylic acids is 2. The van der Waals surface area contributed by atoms with Gasteiger partial charge in [-0.2, -0.15) is 0 Å². The number of rotatable bonds is 7. The molecule has 1 fully saturated rings. The number of esters is 1. The van der Waals surface area contributed by atoms with Gasteiger partial charge in [-0.3, -0.25) is 4.79 Å². The number of amides is 1. The highest BCUT2D eigenvalue weighted by Gasteiger charge is 2.16. The Morgan fingerprint density at radius 1 is 1.00 bits per heavy atom. The van der Waals surface area contributed by atoms with Gasteiger partial charge in [0.05, 0.1) is 19.8 Å². The lowest BCUT2D eigenvalue weighted by molar-refractivity contribution is -0.119. The van der Waals surface area contributed by atoms with Crippen molar-refractivity contribution in [2.24, 2.45) is 5.92 Å². The topological polar surface area (TPSA) is 77.1 Å². The van der Waals surface area contributed by atoms with E-state index in [1.54, 1.807) is 12.1 Å². The summed E-state index contributed by atoms with van der Waals surface area (Å²) in [4.78, 5) is 26.7. The van der Waals surface area contributed by atoms with Crippen LogP contribution in [0.2, 0.25) is 0 Å². The van der Waals surface area contributed by atoms with Crippen LogP contribution in [0.1, 0.15) is 30.1 Å². The smallest absolute Gasteiger partial charge is 0.338 e. The van der Waals surface area contributed by atoms with E-state index in [-0.39, 0.29) is 12.2 Å². The Bertz CT molecular complexity index is 874. The van der Waals surface area contributed by atoms with Crippen molar-refractivity contribution in [3.8, 4) is 11.5 Å². The van der Waals surface area contributed by atoms with Gasteiger partial charge in [-0.15, -0.1) is 0 Å². The minimum Gasteiger partial charge on any atom is -0.493 e. The van der Waals surface area contributed by atoms with E-state index in [1.807, 2.05) is 24.3 Å². The number of nitrogens with zero attached hydrogens (tertiary/aromatic N) is 1. The van der Waals surface area contributed by atoms with Gasteiger partial charge in [-0.25, -0.2) is 4.79 Å². The Labute approximate surface area is 176 Å². The number of hydrogen-bond acceptors (Lipinski definition) is 6. The van der Waals surface area contributed by atoms with Crippen molar-refractivity contribution in [1.29, 1.82) is 0 Å². The van der Waals surface area contributed by atoms with Crippen molar-refractivity contribution < 1.29 is 23.8 Å². The van der Waals surface area contributed by atoms with Crippen LogP contribution in [-0.2, 0) is 9.53 Å². The number of carbonyl (C=O) groups is 2. The second kappa shape index (κ2) is 10.0. The van der Waals surface area contributed by atoms with Crippen molar-refractivity contribution >= 4 is 23.3 Å². The van der Waals surface area contributed by atoms with Gasteiger partial charge in [-0.1, -0.05) is 6.92 Å². The van der Waals surface area contributed by atoms with Crippen LogP contribution in [0.15, 0.2) is 42.5 Å². The summed E-state index contributed by atoms with van der Waals surface area (Å²) in [5.41, 5.74) is 2.09. The molecule has 0 spiro atoms. The van der Waals surface area contributed by atoms with Gasteiger partial charge in [0.1, 0.15) is 0 Å². The van der Waals surface area contributed by atoms with E-state index in [9.17, 15) is 9.59 Å². The molecule has 7 heteroatoms. The number of hydrogen-bond donors (Lipinski definition) is 1. The third kappa shape index (κ3) is 5.43. The van der Waals surface area contributed by atoms with Gasteiger partial charge in [0.15, 0.2) is 18.1 Å². The fourth-order valence-electron chi connectivity index (χ4n) is 3.40. The van der Waals surface area contributed by atoms with Crippen LogP contribution >= 0.6 is 0 Å². The van der Waals surface area contributed by atoms with Gasteiger partial charge in [-0.05, 0) is 61.2 Å². The summed E-state index contributed by atoms with van der Waals surface area (Å²) in [6, 6.07) is 12.4. The van der Waals surface area contributed by atoms with Crippen LogP contribution in [0.3, 0.4) is 0 Å². The van der Waals surface area contributed by atoms with E-state index in [4.69, 9.17) is 14.2 Å². The molecule has 1 aliphatic rings. The largest absolute Gasteiger partial charge is 0.493 e. The predicted molar refractivity (Wildman–Crippen MR) is 116 cm³/mol. The van der Waals surface area contributed by atoms with E-state index in [0.717, 1.165) is 24.7 Å². The van der Waals surface area contributed by atoms with E-state index >= 15 is 0 Å². The lowest BCUT2D eigenvalue weighted by Crippen LogP contribution is -2.32. The van der Waals surface area contributed by atoms with Crippen molar-refractivity contribution in [2.75, 3.05) is 44.1 Å². The number of piperidine rings is 1. The maximum Gasteiger partial charge on any atom is 0.338 e. The molecule has 0 saturated carbocycles. The second-order valence-corrected chi connectivity index (χ2v) is 7.41. The van der Waals surface area contributed by atoms with Crippen molar-refractivity contribution in [1.82, 2.24) is 0 Å². The second-order valence-electron chi connectivity index (χ2n) is 7.41. The molecule has 30 heavy (non-hydrogen) atoms. The summed E-state index contributed by atoms with van der Waals surface area (Å²) >= 11 is 0. The molecule has 2 aromatic carbocycles. The summed E-state index contributed by atoms with van der Waals surface area (Å²) in [5.74, 6) is 0.694. The third-order valence-electron chi connectivity index (χ3n) is 5.25. The quantitative estimate of drug-likeness (QED) is 0.698. The van der Waals surface area contributed by atoms with Gasteiger partial charge in [0.2, 0.25) is 0 Å². The zero-order valence-corrected chi connectivity index (χ0v) is 17.6. The molecule has 7 nitrogen and oxygen atoms in total. The first kappa shape index (κ1) is 21.5. The van der Waals surface area contributed by atoms with Crippen molar-refractivity contribution in [2.45, 2.75) is 19.8 Å². The molecule has 1 heterocycles. The molecule has 0 aromatic heterocycles. The average Bonchev–Trinajstić information content (AvgIpc) is 2.78. The highest BCUT2D eigenvalue weighted by molar-refractivity contribution is 5.95. The number of methoxy groups -OCH3 is 2. The standard InChI is InChI=1S/C23H28N2O5/c1-16-10-12-25(13-11-16)19-7-5-18(6-8-19)24-22(26)15-30-23(27)17-4-9-20(28-2)21(14-17)29-3/h4-9,14,16H,10-13,15H2,1-3H3,(H,24,26). The fraction of sp³-hybridized carbons (Fsp3) is 0.391. The first-order valence-corrected chi connectivity index (χ1v) is 10.0. The predicted octanol–water partition coefficient (Wildman–Crippen LogP) is 3.74. The normalized spacial score (nSPS) is 14.2. The van der Waals surface area contributed by atoms with E-state index in [2.05, 4.69) is 17.1 Å².